The van der Waals surface area contributed by atoms with Gasteiger partial charge in [0.15, 0.2) is 0 Å². The average molecular weight is 308 g/mol. The minimum Gasteiger partial charge on any atom is -0.288 e. The first-order chi connectivity index (χ1) is 9.47. The topological polar surface area (TPSA) is 46.2 Å². The number of imide groups is 1. The van der Waals surface area contributed by atoms with Crippen molar-refractivity contribution in [1.29, 1.82) is 0 Å². The van der Waals surface area contributed by atoms with Gasteiger partial charge >= 0.3 is 0 Å². The van der Waals surface area contributed by atoms with E-state index in [0.29, 0.717) is 16.0 Å². The third-order valence-corrected chi connectivity index (χ3v) is 4.49. The standard InChI is InChI=1S/C14H7ClFNO2S/c1-6-12-8(14(19)17-13(6)18)5-11(20-12)7-2-3-10(16)9(15)4-7/h2-5H,1H2,(H,17,18,19). The van der Waals surface area contributed by atoms with Gasteiger partial charge in [0, 0.05) is 4.88 Å². The molecule has 1 aromatic carbocycles. The smallest absolute Gasteiger partial charge is 0.259 e. The molecule has 0 aliphatic carbocycles. The van der Waals surface area contributed by atoms with Crippen LogP contribution in [0.3, 0.4) is 0 Å². The number of thiophene rings is 1. The minimum absolute atomic E-state index is 0.00762. The first-order valence-electron chi connectivity index (χ1n) is 5.61. The van der Waals surface area contributed by atoms with Crippen molar-refractivity contribution in [3.05, 3.63) is 52.1 Å². The second kappa shape index (κ2) is 4.54. The molecule has 20 heavy (non-hydrogen) atoms. The quantitative estimate of drug-likeness (QED) is 0.647. The van der Waals surface area contributed by atoms with Gasteiger partial charge < -0.3 is 0 Å². The number of nitrogens with one attached hydrogen (secondary N) is 1. The van der Waals surface area contributed by atoms with E-state index in [1.54, 1.807) is 12.1 Å². The molecule has 0 saturated heterocycles. The van der Waals surface area contributed by atoms with Crippen LogP contribution in [-0.4, -0.2) is 11.8 Å². The van der Waals surface area contributed by atoms with Crippen molar-refractivity contribution in [2.75, 3.05) is 0 Å². The molecule has 0 radical (unpaired) electrons. The van der Waals surface area contributed by atoms with Crippen molar-refractivity contribution in [3.63, 3.8) is 0 Å². The molecule has 1 aliphatic heterocycles. The zero-order chi connectivity index (χ0) is 14.4. The summed E-state index contributed by atoms with van der Waals surface area (Å²) >= 11 is 7.01. The van der Waals surface area contributed by atoms with Crippen molar-refractivity contribution >= 4 is 40.3 Å². The zero-order valence-corrected chi connectivity index (χ0v) is 11.6. The Kier molecular flexibility index (Phi) is 2.96. The number of carbonyl (C=O) groups excluding carboxylic acids is 2. The van der Waals surface area contributed by atoms with Gasteiger partial charge in [0.2, 0.25) is 0 Å². The highest BCUT2D eigenvalue weighted by molar-refractivity contribution is 7.17. The second-order valence-corrected chi connectivity index (χ2v) is 5.70. The number of carbonyl (C=O) groups is 2. The van der Waals surface area contributed by atoms with E-state index in [9.17, 15) is 14.0 Å². The molecule has 0 unspecified atom stereocenters. The van der Waals surface area contributed by atoms with Crippen molar-refractivity contribution in [1.82, 2.24) is 5.32 Å². The van der Waals surface area contributed by atoms with Gasteiger partial charge in [0.1, 0.15) is 5.82 Å². The summed E-state index contributed by atoms with van der Waals surface area (Å²) in [5.74, 6) is -1.45. The van der Waals surface area contributed by atoms with Crippen LogP contribution in [0.15, 0.2) is 30.8 Å². The Labute approximate surface area is 122 Å². The van der Waals surface area contributed by atoms with Crippen LogP contribution in [0.25, 0.3) is 16.0 Å². The number of hydrogen-bond donors (Lipinski definition) is 1. The van der Waals surface area contributed by atoms with Gasteiger partial charge in [-0.25, -0.2) is 4.39 Å². The molecular formula is C14H7ClFNO2S. The Bertz CT molecular complexity index is 781. The molecule has 0 spiro atoms. The normalized spacial score (nSPS) is 14.2. The largest absolute Gasteiger partial charge is 0.288 e. The number of hydrogen-bond acceptors (Lipinski definition) is 3. The lowest BCUT2D eigenvalue weighted by atomic mass is 10.1. The van der Waals surface area contributed by atoms with Crippen LogP contribution in [0.4, 0.5) is 4.39 Å². The van der Waals surface area contributed by atoms with E-state index in [2.05, 4.69) is 11.9 Å². The summed E-state index contributed by atoms with van der Waals surface area (Å²) in [6.07, 6.45) is 0. The predicted octanol–water partition coefficient (Wildman–Crippen LogP) is 3.49. The molecule has 100 valence electrons. The molecule has 0 atom stereocenters. The molecule has 1 N–H and O–H groups in total. The first kappa shape index (κ1) is 13.0. The number of fused-ring (bicyclic) bond motifs is 1. The molecule has 3 nitrogen and oxygen atoms in total. The van der Waals surface area contributed by atoms with Crippen molar-refractivity contribution in [2.24, 2.45) is 0 Å². The zero-order valence-electron chi connectivity index (χ0n) is 10.00. The van der Waals surface area contributed by atoms with E-state index in [1.807, 2.05) is 0 Å². The van der Waals surface area contributed by atoms with Crippen LogP contribution in [0.1, 0.15) is 15.2 Å². The number of rotatable bonds is 1. The summed E-state index contributed by atoms with van der Waals surface area (Å²) in [7, 11) is 0. The van der Waals surface area contributed by atoms with E-state index in [4.69, 9.17) is 11.6 Å². The predicted molar refractivity (Wildman–Crippen MR) is 76.2 cm³/mol. The van der Waals surface area contributed by atoms with Crippen LogP contribution in [0.2, 0.25) is 5.02 Å². The Morgan fingerprint density at radius 1 is 1.20 bits per heavy atom. The summed E-state index contributed by atoms with van der Waals surface area (Å²) < 4.78 is 13.2. The summed E-state index contributed by atoms with van der Waals surface area (Å²) in [5, 5.41) is 2.22. The van der Waals surface area contributed by atoms with Gasteiger partial charge in [0.25, 0.3) is 11.8 Å². The molecule has 1 aliphatic rings. The first-order valence-corrected chi connectivity index (χ1v) is 6.81. The molecule has 3 rings (SSSR count). The third kappa shape index (κ3) is 1.95. The van der Waals surface area contributed by atoms with Crippen LogP contribution in [0.5, 0.6) is 0 Å². The highest BCUT2D eigenvalue weighted by atomic mass is 35.5. The van der Waals surface area contributed by atoms with E-state index < -0.39 is 17.6 Å². The van der Waals surface area contributed by atoms with E-state index in [0.717, 1.165) is 4.88 Å². The lowest BCUT2D eigenvalue weighted by Gasteiger charge is -2.12. The van der Waals surface area contributed by atoms with E-state index >= 15 is 0 Å². The maximum absolute atomic E-state index is 13.2. The lowest BCUT2D eigenvalue weighted by molar-refractivity contribution is -0.114. The number of amides is 2. The highest BCUT2D eigenvalue weighted by Gasteiger charge is 2.28. The molecule has 0 bridgehead atoms. The Balaban J connectivity index is 2.14. The van der Waals surface area contributed by atoms with Gasteiger partial charge in [-0.3, -0.25) is 14.9 Å². The Hall–Kier alpha value is -1.98. The van der Waals surface area contributed by atoms with E-state index in [1.165, 1.54) is 23.5 Å². The van der Waals surface area contributed by atoms with Crippen molar-refractivity contribution in [2.45, 2.75) is 0 Å². The molecule has 2 amide bonds. The summed E-state index contributed by atoms with van der Waals surface area (Å²) in [6.45, 7) is 3.67. The van der Waals surface area contributed by atoms with Gasteiger partial charge in [-0.15, -0.1) is 11.3 Å². The molecule has 2 heterocycles. The molecule has 0 fully saturated rings. The van der Waals surface area contributed by atoms with Crippen LogP contribution in [-0.2, 0) is 4.79 Å². The van der Waals surface area contributed by atoms with E-state index in [-0.39, 0.29) is 10.6 Å². The minimum atomic E-state index is -0.505. The molecule has 2 aromatic rings. The summed E-state index contributed by atoms with van der Waals surface area (Å²) in [4.78, 5) is 24.5. The van der Waals surface area contributed by atoms with Crippen molar-refractivity contribution in [3.8, 4) is 10.4 Å². The Morgan fingerprint density at radius 3 is 2.65 bits per heavy atom. The summed E-state index contributed by atoms with van der Waals surface area (Å²) in [5.41, 5.74) is 1.34. The fourth-order valence-electron chi connectivity index (χ4n) is 1.92. The molecule has 6 heteroatoms. The Morgan fingerprint density at radius 2 is 1.95 bits per heavy atom. The number of halogens is 2. The third-order valence-electron chi connectivity index (χ3n) is 2.96. The SMILES string of the molecule is C=C1C(=O)NC(=O)c2cc(-c3ccc(F)c(Cl)c3)sc21. The van der Waals surface area contributed by atoms with Gasteiger partial charge in [0.05, 0.1) is 21.0 Å². The molecule has 0 saturated carbocycles. The fraction of sp³-hybridized carbons (Fsp3) is 0. The van der Waals surface area contributed by atoms with Crippen molar-refractivity contribution < 1.29 is 14.0 Å². The van der Waals surface area contributed by atoms with Crippen LogP contribution in [0, 0.1) is 5.82 Å². The van der Waals surface area contributed by atoms with Gasteiger partial charge in [-0.1, -0.05) is 24.2 Å². The monoisotopic (exact) mass is 307 g/mol. The van der Waals surface area contributed by atoms with Crippen LogP contribution >= 0.6 is 22.9 Å². The highest BCUT2D eigenvalue weighted by Crippen LogP contribution is 2.37. The maximum atomic E-state index is 13.2. The summed E-state index contributed by atoms with van der Waals surface area (Å²) in [6, 6.07) is 5.96. The second-order valence-electron chi connectivity index (χ2n) is 4.24. The fourth-order valence-corrected chi connectivity index (χ4v) is 3.22. The number of benzene rings is 1. The van der Waals surface area contributed by atoms with Gasteiger partial charge in [-0.2, -0.15) is 0 Å². The van der Waals surface area contributed by atoms with Gasteiger partial charge in [-0.05, 0) is 23.8 Å². The average Bonchev–Trinajstić information content (AvgIpc) is 2.85. The van der Waals surface area contributed by atoms with Crippen LogP contribution < -0.4 is 5.32 Å². The maximum Gasteiger partial charge on any atom is 0.259 e. The lowest BCUT2D eigenvalue weighted by Crippen LogP contribution is -2.35. The molecule has 1 aromatic heterocycles. The molecular weight excluding hydrogens is 301 g/mol.